The number of hydrogen-bond acceptors (Lipinski definition) is 11. The van der Waals surface area contributed by atoms with E-state index in [2.05, 4.69) is 39.6 Å². The Morgan fingerprint density at radius 2 is 1.72 bits per heavy atom. The molecule has 0 aliphatic rings. The molecule has 1 unspecified atom stereocenters. The zero-order chi connectivity index (χ0) is 29.1. The van der Waals surface area contributed by atoms with Gasteiger partial charge in [-0.2, -0.15) is 16.8 Å². The molecule has 0 saturated heterocycles. The summed E-state index contributed by atoms with van der Waals surface area (Å²) in [6, 6.07) is 4.55. The molecular formula is C23H36N6O7S3. The molecule has 2 rings (SSSR count). The van der Waals surface area contributed by atoms with Crippen molar-refractivity contribution in [1.82, 2.24) is 10.2 Å². The minimum Gasteiger partial charge on any atom is -0.369 e. The standard InChI is InChI=1S/C23H36N6O7S3/c1-4-7-8-17(5-2)15-22-26-28-23(37-22)27-25-19-10-9-18(16-20(19)24-21(30)6-3)29(11-13-38(31,32)33)12-14-39(34,35)36/h9-10,16-17H,4-8,11-15H2,1-3H3,(H,24,30)(H,31,32,33)(H,34,35,36). The van der Waals surface area contributed by atoms with Gasteiger partial charge in [0.05, 0.1) is 17.2 Å². The fourth-order valence-corrected chi connectivity index (χ4v) is 5.30. The molecule has 0 aliphatic carbocycles. The number of rotatable bonds is 17. The zero-order valence-electron chi connectivity index (χ0n) is 22.3. The molecule has 3 N–H and O–H groups in total. The summed E-state index contributed by atoms with van der Waals surface area (Å²) in [4.78, 5) is 13.5. The van der Waals surface area contributed by atoms with E-state index in [0.717, 1.165) is 37.1 Å². The molecule has 1 atom stereocenters. The van der Waals surface area contributed by atoms with E-state index < -0.39 is 31.7 Å². The van der Waals surface area contributed by atoms with Crippen molar-refractivity contribution in [2.24, 2.45) is 16.1 Å². The van der Waals surface area contributed by atoms with E-state index in [1.54, 1.807) is 6.92 Å². The van der Waals surface area contributed by atoms with Crippen LogP contribution in [0.15, 0.2) is 28.4 Å². The molecule has 0 radical (unpaired) electrons. The number of unbranched alkanes of at least 4 members (excludes halogenated alkanes) is 1. The van der Waals surface area contributed by atoms with Crippen molar-refractivity contribution in [3.05, 3.63) is 23.2 Å². The number of anilines is 2. The second-order valence-corrected chi connectivity index (χ2v) is 13.1. The highest BCUT2D eigenvalue weighted by Crippen LogP contribution is 2.33. The van der Waals surface area contributed by atoms with Gasteiger partial charge in [0.25, 0.3) is 25.4 Å². The highest BCUT2D eigenvalue weighted by atomic mass is 32.2. The first-order valence-electron chi connectivity index (χ1n) is 12.7. The Balaban J connectivity index is 2.32. The molecular weight excluding hydrogens is 568 g/mol. The third-order valence-electron chi connectivity index (χ3n) is 5.88. The predicted octanol–water partition coefficient (Wildman–Crippen LogP) is 4.64. The molecule has 16 heteroatoms. The van der Waals surface area contributed by atoms with Gasteiger partial charge in [0.1, 0.15) is 10.7 Å². The summed E-state index contributed by atoms with van der Waals surface area (Å²) in [6.07, 6.45) is 5.47. The van der Waals surface area contributed by atoms with Gasteiger partial charge in [-0.3, -0.25) is 13.9 Å². The Labute approximate surface area is 233 Å². The van der Waals surface area contributed by atoms with Crippen LogP contribution in [0.4, 0.5) is 22.2 Å². The molecule has 0 bridgehead atoms. The molecule has 1 amide bonds. The Kier molecular flexibility index (Phi) is 12.8. The Bertz CT molecular complexity index is 1290. The van der Waals surface area contributed by atoms with E-state index in [1.165, 1.54) is 34.4 Å². The van der Waals surface area contributed by atoms with Gasteiger partial charge >= 0.3 is 0 Å². The lowest BCUT2D eigenvalue weighted by atomic mass is 9.96. The average Bonchev–Trinajstić information content (AvgIpc) is 3.31. The van der Waals surface area contributed by atoms with E-state index in [-0.39, 0.29) is 36.8 Å². The molecule has 1 aromatic carbocycles. The van der Waals surface area contributed by atoms with Gasteiger partial charge in [-0.15, -0.1) is 20.4 Å². The van der Waals surface area contributed by atoms with Crippen LogP contribution in [0.1, 0.15) is 57.9 Å². The lowest BCUT2D eigenvalue weighted by Gasteiger charge is -2.24. The maximum Gasteiger partial charge on any atom is 0.266 e. The topological polar surface area (TPSA) is 192 Å². The summed E-state index contributed by atoms with van der Waals surface area (Å²) in [6.45, 7) is 5.46. The Morgan fingerprint density at radius 1 is 1.05 bits per heavy atom. The molecule has 39 heavy (non-hydrogen) atoms. The van der Waals surface area contributed by atoms with Crippen LogP contribution in [0, 0.1) is 5.92 Å². The molecule has 0 fully saturated rings. The minimum absolute atomic E-state index is 0.173. The monoisotopic (exact) mass is 604 g/mol. The SMILES string of the molecule is CCCCC(CC)Cc1nnc(N=Nc2ccc(N(CCS(=O)(=O)O)CCS(=O)(=O)O)cc2NC(=O)CC)s1. The summed E-state index contributed by atoms with van der Waals surface area (Å²) >= 11 is 1.34. The largest absolute Gasteiger partial charge is 0.369 e. The summed E-state index contributed by atoms with van der Waals surface area (Å²) in [5, 5.41) is 20.7. The second-order valence-electron chi connectivity index (χ2n) is 8.96. The van der Waals surface area contributed by atoms with E-state index in [4.69, 9.17) is 9.11 Å². The first-order valence-corrected chi connectivity index (χ1v) is 16.7. The number of benzene rings is 1. The summed E-state index contributed by atoms with van der Waals surface area (Å²) in [5.41, 5.74) is 0.877. The van der Waals surface area contributed by atoms with Crippen LogP contribution in [0.3, 0.4) is 0 Å². The number of nitrogens with zero attached hydrogens (tertiary/aromatic N) is 5. The number of nitrogens with one attached hydrogen (secondary N) is 1. The van der Waals surface area contributed by atoms with Crippen LogP contribution in [0.5, 0.6) is 0 Å². The quantitative estimate of drug-likeness (QED) is 0.169. The van der Waals surface area contributed by atoms with E-state index in [1.807, 2.05) is 0 Å². The molecule has 0 saturated carbocycles. The van der Waals surface area contributed by atoms with Gasteiger partial charge in [0.2, 0.25) is 5.91 Å². The van der Waals surface area contributed by atoms with Crippen molar-refractivity contribution in [3.63, 3.8) is 0 Å². The summed E-state index contributed by atoms with van der Waals surface area (Å²) < 4.78 is 63.4. The predicted molar refractivity (Wildman–Crippen MR) is 152 cm³/mol. The number of carbonyl (C=O) groups is 1. The van der Waals surface area contributed by atoms with Crippen molar-refractivity contribution < 1.29 is 30.7 Å². The van der Waals surface area contributed by atoms with Crippen molar-refractivity contribution >= 4 is 59.7 Å². The molecule has 0 aliphatic heterocycles. The highest BCUT2D eigenvalue weighted by Gasteiger charge is 2.17. The molecule has 218 valence electrons. The summed E-state index contributed by atoms with van der Waals surface area (Å²) in [7, 11) is -8.68. The number of carbonyl (C=O) groups excluding carboxylic acids is 1. The first-order chi connectivity index (χ1) is 18.3. The van der Waals surface area contributed by atoms with Crippen molar-refractivity contribution in [2.75, 3.05) is 34.8 Å². The maximum atomic E-state index is 12.2. The Hall–Kier alpha value is -2.53. The normalized spacial score (nSPS) is 13.1. The van der Waals surface area contributed by atoms with Crippen LogP contribution in [0.25, 0.3) is 0 Å². The van der Waals surface area contributed by atoms with E-state index in [9.17, 15) is 21.6 Å². The zero-order valence-corrected chi connectivity index (χ0v) is 24.7. The molecule has 1 heterocycles. The highest BCUT2D eigenvalue weighted by molar-refractivity contribution is 7.86. The van der Waals surface area contributed by atoms with E-state index >= 15 is 0 Å². The number of azo groups is 1. The van der Waals surface area contributed by atoms with Gasteiger partial charge in [0, 0.05) is 31.6 Å². The lowest BCUT2D eigenvalue weighted by molar-refractivity contribution is -0.115. The van der Waals surface area contributed by atoms with Crippen molar-refractivity contribution in [1.29, 1.82) is 0 Å². The fraction of sp³-hybridized carbons (Fsp3) is 0.609. The van der Waals surface area contributed by atoms with Crippen LogP contribution in [-0.4, -0.2) is 66.6 Å². The maximum absolute atomic E-state index is 12.2. The van der Waals surface area contributed by atoms with Crippen LogP contribution in [0.2, 0.25) is 0 Å². The third kappa shape index (κ3) is 12.5. The molecule has 13 nitrogen and oxygen atoms in total. The molecule has 2 aromatic rings. The van der Waals surface area contributed by atoms with Crippen molar-refractivity contribution in [3.8, 4) is 0 Å². The smallest absolute Gasteiger partial charge is 0.266 e. The van der Waals surface area contributed by atoms with Crippen LogP contribution >= 0.6 is 11.3 Å². The average molecular weight is 605 g/mol. The second kappa shape index (κ2) is 15.3. The van der Waals surface area contributed by atoms with Crippen LogP contribution < -0.4 is 10.2 Å². The molecule has 0 spiro atoms. The lowest BCUT2D eigenvalue weighted by Crippen LogP contribution is -2.33. The number of aromatic nitrogens is 2. The first kappa shape index (κ1) is 32.7. The van der Waals surface area contributed by atoms with Gasteiger partial charge < -0.3 is 10.2 Å². The molecule has 1 aromatic heterocycles. The van der Waals surface area contributed by atoms with Crippen LogP contribution in [-0.2, 0) is 31.5 Å². The van der Waals surface area contributed by atoms with Crippen molar-refractivity contribution in [2.45, 2.75) is 59.3 Å². The fourth-order valence-electron chi connectivity index (χ4n) is 3.62. The van der Waals surface area contributed by atoms with Gasteiger partial charge in [-0.25, -0.2) is 0 Å². The van der Waals surface area contributed by atoms with E-state index in [0.29, 0.717) is 16.7 Å². The number of amides is 1. The van der Waals surface area contributed by atoms with Gasteiger partial charge in [-0.05, 0) is 24.1 Å². The Morgan fingerprint density at radius 3 is 2.28 bits per heavy atom. The number of hydrogen-bond donors (Lipinski definition) is 3. The minimum atomic E-state index is -4.34. The van der Waals surface area contributed by atoms with Gasteiger partial charge in [0.15, 0.2) is 0 Å². The third-order valence-corrected chi connectivity index (χ3v) is 8.11. The summed E-state index contributed by atoms with van der Waals surface area (Å²) in [5.74, 6) is -1.14. The van der Waals surface area contributed by atoms with Gasteiger partial charge in [-0.1, -0.05) is 57.8 Å².